The van der Waals surface area contributed by atoms with Gasteiger partial charge in [-0.1, -0.05) is 29.3 Å². The molecule has 0 fully saturated rings. The van der Waals surface area contributed by atoms with Crippen LogP contribution >= 0.6 is 0 Å². The van der Waals surface area contributed by atoms with Crippen LogP contribution in [-0.2, 0) is 4.84 Å². The maximum atomic E-state index is 12.5. The Bertz CT molecular complexity index is 767. The molecule has 116 valence electrons. The van der Waals surface area contributed by atoms with Crippen LogP contribution in [-0.4, -0.2) is 22.8 Å². The Kier molecular flexibility index (Phi) is 3.61. The highest BCUT2D eigenvalue weighted by molar-refractivity contribution is 6.21. The molecule has 0 aliphatic carbocycles. The third-order valence-corrected chi connectivity index (χ3v) is 3.33. The first-order valence-electron chi connectivity index (χ1n) is 6.57. The number of halogens is 2. The fourth-order valence-corrected chi connectivity index (χ4v) is 2.15. The van der Waals surface area contributed by atoms with Crippen LogP contribution < -0.4 is 0 Å². The number of imide groups is 1. The first kappa shape index (κ1) is 14.8. The molecule has 0 unspecified atom stereocenters. The van der Waals surface area contributed by atoms with E-state index in [0.717, 1.165) is 24.3 Å². The summed E-state index contributed by atoms with van der Waals surface area (Å²) in [7, 11) is 0. The smallest absolute Gasteiger partial charge is 0.324 e. The third kappa shape index (κ3) is 2.57. The van der Waals surface area contributed by atoms with E-state index in [4.69, 9.17) is 4.84 Å². The predicted octanol–water partition coefficient (Wildman–Crippen LogP) is 2.99. The maximum absolute atomic E-state index is 12.5. The van der Waals surface area contributed by atoms with Crippen LogP contribution in [0.15, 0.2) is 48.5 Å². The number of rotatable bonds is 3. The summed E-state index contributed by atoms with van der Waals surface area (Å²) in [5.74, 6) is -2.48. The van der Waals surface area contributed by atoms with Crippen LogP contribution in [0.3, 0.4) is 0 Å². The van der Waals surface area contributed by atoms with E-state index in [2.05, 4.69) is 0 Å². The van der Waals surface area contributed by atoms with Gasteiger partial charge in [0.25, 0.3) is 18.2 Å². The number of hydrogen-bond acceptors (Lipinski definition) is 4. The van der Waals surface area contributed by atoms with Crippen molar-refractivity contribution in [2.75, 3.05) is 0 Å². The number of nitrogens with zero attached hydrogens (tertiary/aromatic N) is 1. The molecule has 1 aliphatic rings. The Hall–Kier alpha value is -3.09. The molecule has 0 bridgehead atoms. The molecule has 0 radical (unpaired) electrons. The molecule has 3 rings (SSSR count). The Morgan fingerprint density at radius 1 is 0.913 bits per heavy atom. The normalized spacial score (nSPS) is 13.4. The molecule has 5 nitrogen and oxygen atoms in total. The van der Waals surface area contributed by atoms with Gasteiger partial charge in [0.1, 0.15) is 0 Å². The van der Waals surface area contributed by atoms with E-state index < -0.39 is 24.2 Å². The Morgan fingerprint density at radius 2 is 1.43 bits per heavy atom. The zero-order valence-electron chi connectivity index (χ0n) is 11.5. The fourth-order valence-electron chi connectivity index (χ4n) is 2.15. The number of amides is 2. The third-order valence-electron chi connectivity index (χ3n) is 3.33. The zero-order valence-corrected chi connectivity index (χ0v) is 11.5. The average Bonchev–Trinajstić information content (AvgIpc) is 2.80. The summed E-state index contributed by atoms with van der Waals surface area (Å²) >= 11 is 0. The monoisotopic (exact) mass is 317 g/mol. The van der Waals surface area contributed by atoms with Crippen molar-refractivity contribution in [3.63, 3.8) is 0 Å². The quantitative estimate of drug-likeness (QED) is 0.816. The molecule has 0 atom stereocenters. The second-order valence-electron chi connectivity index (χ2n) is 4.75. The largest absolute Gasteiger partial charge is 0.363 e. The molecule has 2 amide bonds. The summed E-state index contributed by atoms with van der Waals surface area (Å²) in [5.41, 5.74) is -0.0232. The van der Waals surface area contributed by atoms with Crippen LogP contribution in [0.4, 0.5) is 8.78 Å². The van der Waals surface area contributed by atoms with Gasteiger partial charge in [-0.05, 0) is 24.3 Å². The van der Waals surface area contributed by atoms with Gasteiger partial charge in [0, 0.05) is 5.56 Å². The van der Waals surface area contributed by atoms with Crippen LogP contribution in [0.1, 0.15) is 43.1 Å². The highest BCUT2D eigenvalue weighted by Gasteiger charge is 2.38. The summed E-state index contributed by atoms with van der Waals surface area (Å²) in [4.78, 5) is 40.9. The molecule has 1 aliphatic heterocycles. The summed E-state index contributed by atoms with van der Waals surface area (Å²) in [6.07, 6.45) is -2.66. The lowest BCUT2D eigenvalue weighted by Gasteiger charge is -2.12. The fraction of sp³-hybridized carbons (Fsp3) is 0.0625. The minimum Gasteiger partial charge on any atom is -0.324 e. The maximum Gasteiger partial charge on any atom is 0.363 e. The minimum atomic E-state index is -2.66. The molecule has 23 heavy (non-hydrogen) atoms. The molecule has 0 saturated carbocycles. The van der Waals surface area contributed by atoms with Crippen molar-refractivity contribution >= 4 is 17.8 Å². The van der Waals surface area contributed by atoms with E-state index in [1.165, 1.54) is 12.1 Å². The summed E-state index contributed by atoms with van der Waals surface area (Å²) in [6, 6.07) is 10.5. The summed E-state index contributed by atoms with van der Waals surface area (Å²) in [6.45, 7) is 0. The molecule has 7 heteroatoms. The van der Waals surface area contributed by atoms with Gasteiger partial charge in [-0.3, -0.25) is 9.59 Å². The van der Waals surface area contributed by atoms with E-state index in [1.54, 1.807) is 12.1 Å². The lowest BCUT2D eigenvalue weighted by molar-refractivity contribution is -0.0584. The lowest BCUT2D eigenvalue weighted by Crippen LogP contribution is -2.32. The number of hydrogen-bond donors (Lipinski definition) is 0. The molecule has 0 saturated heterocycles. The van der Waals surface area contributed by atoms with E-state index in [9.17, 15) is 23.2 Å². The number of carbonyl (C=O) groups excluding carboxylic acids is 3. The minimum absolute atomic E-state index is 0.0500. The summed E-state index contributed by atoms with van der Waals surface area (Å²) < 4.78 is 24.9. The Labute approximate surface area is 129 Å². The van der Waals surface area contributed by atoms with Crippen LogP contribution in [0.2, 0.25) is 0 Å². The van der Waals surface area contributed by atoms with Crippen molar-refractivity contribution < 1.29 is 28.0 Å². The Morgan fingerprint density at radius 3 is 1.91 bits per heavy atom. The first-order chi connectivity index (χ1) is 11.0. The van der Waals surface area contributed by atoms with E-state index in [0.29, 0.717) is 5.06 Å². The van der Waals surface area contributed by atoms with Gasteiger partial charge in [0.2, 0.25) is 0 Å². The van der Waals surface area contributed by atoms with Crippen molar-refractivity contribution in [1.29, 1.82) is 0 Å². The van der Waals surface area contributed by atoms with Crippen LogP contribution in [0.25, 0.3) is 0 Å². The van der Waals surface area contributed by atoms with Gasteiger partial charge >= 0.3 is 5.97 Å². The van der Waals surface area contributed by atoms with Gasteiger partial charge < -0.3 is 4.84 Å². The number of hydroxylamine groups is 2. The SMILES string of the molecule is O=C(ON1C(=O)c2ccccc2C1=O)c1ccc(C(F)F)cc1. The van der Waals surface area contributed by atoms with Crippen molar-refractivity contribution in [2.45, 2.75) is 6.43 Å². The van der Waals surface area contributed by atoms with Crippen LogP contribution in [0.5, 0.6) is 0 Å². The molecule has 0 spiro atoms. The molecule has 0 aromatic heterocycles. The molecule has 2 aromatic carbocycles. The molecule has 0 N–H and O–H groups in total. The molecule has 2 aromatic rings. The van der Waals surface area contributed by atoms with Gasteiger partial charge in [0.05, 0.1) is 16.7 Å². The van der Waals surface area contributed by atoms with Gasteiger partial charge in [0.15, 0.2) is 0 Å². The number of fused-ring (bicyclic) bond motifs is 1. The predicted molar refractivity (Wildman–Crippen MR) is 73.8 cm³/mol. The number of benzene rings is 2. The lowest BCUT2D eigenvalue weighted by atomic mass is 10.1. The first-order valence-corrected chi connectivity index (χ1v) is 6.57. The molecular weight excluding hydrogens is 308 g/mol. The molecule has 1 heterocycles. The summed E-state index contributed by atoms with van der Waals surface area (Å²) in [5, 5.41) is 0.369. The van der Waals surface area contributed by atoms with Gasteiger partial charge in [-0.2, -0.15) is 0 Å². The number of alkyl halides is 2. The standard InChI is InChI=1S/C16H9F2NO4/c17-13(18)9-5-7-10(8-6-9)16(22)23-19-14(20)11-3-1-2-4-12(11)15(19)21/h1-8,13H. The van der Waals surface area contributed by atoms with Crippen molar-refractivity contribution in [1.82, 2.24) is 5.06 Å². The van der Waals surface area contributed by atoms with E-state index in [1.807, 2.05) is 0 Å². The second kappa shape index (κ2) is 5.60. The van der Waals surface area contributed by atoms with Gasteiger partial charge in [-0.25, -0.2) is 13.6 Å². The topological polar surface area (TPSA) is 63.7 Å². The van der Waals surface area contributed by atoms with E-state index >= 15 is 0 Å². The highest BCUT2D eigenvalue weighted by atomic mass is 19.3. The van der Waals surface area contributed by atoms with Crippen molar-refractivity contribution in [2.24, 2.45) is 0 Å². The second-order valence-corrected chi connectivity index (χ2v) is 4.75. The van der Waals surface area contributed by atoms with Crippen molar-refractivity contribution in [3.8, 4) is 0 Å². The van der Waals surface area contributed by atoms with Crippen molar-refractivity contribution in [3.05, 3.63) is 70.8 Å². The average molecular weight is 317 g/mol. The zero-order chi connectivity index (χ0) is 16.6. The highest BCUT2D eigenvalue weighted by Crippen LogP contribution is 2.24. The van der Waals surface area contributed by atoms with E-state index in [-0.39, 0.29) is 22.3 Å². The van der Waals surface area contributed by atoms with Gasteiger partial charge in [-0.15, -0.1) is 0 Å². The van der Waals surface area contributed by atoms with Crippen LogP contribution in [0, 0.1) is 0 Å². The number of carbonyl (C=O) groups is 3. The molecular formula is C16H9F2NO4. The Balaban J connectivity index is 1.79.